The molecule has 39 heteroatoms. The molecule has 0 aliphatic rings. The van der Waals surface area contributed by atoms with Crippen LogP contribution in [0, 0.1) is 20.8 Å². The van der Waals surface area contributed by atoms with Gasteiger partial charge in [0.05, 0.1) is 52.6 Å². The quantitative estimate of drug-likeness (QED) is 0.00504. The van der Waals surface area contributed by atoms with Crippen LogP contribution in [-0.2, 0) is 60.7 Å². The number of fused-ring (bicyclic) bond motifs is 1. The molecule has 0 fully saturated rings. The van der Waals surface area contributed by atoms with Gasteiger partial charge in [0.15, 0.2) is 33.9 Å². The minimum atomic E-state index is -3.72. The molecular formula is C66H67Cl8N7NaO19S4+. The van der Waals surface area contributed by atoms with Gasteiger partial charge in [-0.2, -0.15) is 13.5 Å². The largest absolute Gasteiger partial charge is 1.00 e. The van der Waals surface area contributed by atoms with Gasteiger partial charge in [-0.15, -0.1) is 34.3 Å². The van der Waals surface area contributed by atoms with Gasteiger partial charge >= 0.3 is 67.7 Å². The Morgan fingerprint density at radius 3 is 1.46 bits per heavy atom. The monoisotopic (exact) mass is 1690 g/mol. The van der Waals surface area contributed by atoms with Crippen LogP contribution in [0.3, 0.4) is 0 Å². The molecule has 1 unspecified atom stereocenters. The topological polar surface area (TPSA) is 418 Å². The summed E-state index contributed by atoms with van der Waals surface area (Å²) in [5.74, 6) is 0.0627. The summed E-state index contributed by atoms with van der Waals surface area (Å²) in [7, 11) is 4.81. The van der Waals surface area contributed by atoms with Crippen LogP contribution < -0.4 is 52.5 Å². The van der Waals surface area contributed by atoms with Crippen molar-refractivity contribution >= 4 is 214 Å². The molecule has 0 aliphatic carbocycles. The molecule has 1 atom stereocenters. The van der Waals surface area contributed by atoms with Crippen LogP contribution in [0.15, 0.2) is 126 Å². The number of aromatic nitrogens is 4. The molecule has 105 heavy (non-hydrogen) atoms. The first kappa shape index (κ1) is 99.9. The molecule has 0 saturated heterocycles. The van der Waals surface area contributed by atoms with E-state index in [2.05, 4.69) is 91.3 Å². The summed E-state index contributed by atoms with van der Waals surface area (Å²) in [5, 5.41) is 8.91. The second-order valence-electron chi connectivity index (χ2n) is 18.8. The van der Waals surface area contributed by atoms with E-state index in [1.807, 2.05) is 25.1 Å². The Bertz CT molecular complexity index is 4450. The van der Waals surface area contributed by atoms with Crippen molar-refractivity contribution < 1.29 is 116 Å². The number of aromatic amines is 1. The number of hydrogen-bond acceptors (Lipinski definition) is 27. The number of ketones is 6. The maximum absolute atomic E-state index is 12.4. The Labute approximate surface area is 679 Å². The maximum Gasteiger partial charge on any atom is 1.00 e. The molecule has 26 nitrogen and oxygen atoms in total. The minimum absolute atomic E-state index is 0. The van der Waals surface area contributed by atoms with Crippen molar-refractivity contribution in [3.63, 3.8) is 0 Å². The standard InChI is InChI=1S/C14H12ClNO3S.C12H10Cl2O4.C12H8ClN3OS.C12H11ClO4.C8H7ClO.C6H9O4.C2H5NS.Cl2O2S.H4N2.Na.H/c1-3-19-14(18)11-13(20-8(2)16-11)12(17)9-5-4-6-10(15)7-9;1-2-18-12(17)11(16)9(14)10(15)7-4-3-5-8(13)6-7;1-6-14-10-11(18-6)9(15-16-12(10)17)7-3-2-4-8(13)5-7;1-2-17-12(16)11(15)7-10(14)8-4-3-5-9(13)6-8;1-6(10)7-3-2-4-8(9)5-7;1-3-9-5(7)6(8)10-4-2;1-2(3)4;1-5(2,3)4;1-2;;/h4-7H,3H2,1-2H3;3-6,9H,2H2,1H3;2-5H,1H3,(H,16,17);3-6H,2,7H2,1H3;2-5H,1H3;1,3-4H2,2H3;1H3,(H2,3,4);;1-2H2;;/q;;;;;+1;;;;+1;-1. The van der Waals surface area contributed by atoms with Crippen molar-refractivity contribution in [3.8, 4) is 11.3 Å². The number of alkyl halides is 1. The number of nitrogens with zero attached hydrogens (tertiary/aromatic N) is 3. The summed E-state index contributed by atoms with van der Waals surface area (Å²) >= 11 is 41.5. The molecule has 3 aromatic heterocycles. The van der Waals surface area contributed by atoms with Gasteiger partial charge in [-0.1, -0.05) is 131 Å². The van der Waals surface area contributed by atoms with E-state index in [-0.39, 0.29) is 97.3 Å². The molecule has 0 saturated carbocycles. The fourth-order valence-corrected chi connectivity index (χ4v) is 9.88. The maximum atomic E-state index is 12.4. The van der Waals surface area contributed by atoms with E-state index in [1.165, 1.54) is 53.9 Å². The van der Waals surface area contributed by atoms with Gasteiger partial charge in [-0.25, -0.2) is 39.0 Å². The summed E-state index contributed by atoms with van der Waals surface area (Å²) in [6, 6.07) is 33.0. The number of halogens is 8. The van der Waals surface area contributed by atoms with Crippen molar-refractivity contribution in [2.24, 2.45) is 17.4 Å². The normalized spacial score (nSPS) is 10.0. The third-order valence-corrected chi connectivity index (χ3v) is 14.5. The number of carbonyl (C=O) groups excluding carboxylic acids is 11. The van der Waals surface area contributed by atoms with Gasteiger partial charge in [-0.3, -0.25) is 45.2 Å². The average molecular weight is 1700 g/mol. The molecule has 560 valence electrons. The average Bonchev–Trinajstić information content (AvgIpc) is 1.62. The third-order valence-electron chi connectivity index (χ3n) is 11.0. The van der Waals surface area contributed by atoms with E-state index in [0.29, 0.717) is 63.0 Å². The first-order valence-electron chi connectivity index (χ1n) is 29.2. The third kappa shape index (κ3) is 40.4. The number of hydrogen-bond donors (Lipinski definition) is 4. The molecule has 8 rings (SSSR count). The SMILES string of the molecule is CC(=O)c1cccc(Cl)c1.CC(N)=S.CCOC(=O)C(=O)C(Cl)C(=O)c1cccc(Cl)c1.CCOC(=O)C(=O)CC(=O)c1cccc(Cl)c1.CCOC(=O)c1nc(C)sc1C(=O)c1cccc(Cl)c1.Cc1nc2c(=O)[nH]nc(-c3cccc(Cl)c3)c2s1.NN.O=S(=O)(Cl)Cl.[CH2+]COC(=O)C(=O)OCC.[H-].[Na+]. The van der Waals surface area contributed by atoms with Gasteiger partial charge in [0.1, 0.15) is 17.5 Å². The van der Waals surface area contributed by atoms with E-state index >= 15 is 0 Å². The summed E-state index contributed by atoms with van der Waals surface area (Å²) in [4.78, 5) is 145. The van der Waals surface area contributed by atoms with E-state index in [4.69, 9.17) is 88.5 Å². The number of H-pyrrole nitrogens is 1. The molecule has 7 N–H and O–H groups in total. The fourth-order valence-electron chi connectivity index (χ4n) is 6.92. The van der Waals surface area contributed by atoms with E-state index in [1.54, 1.807) is 120 Å². The number of rotatable bonds is 18. The number of thiocarbonyl (C=S) groups is 1. The van der Waals surface area contributed by atoms with Crippen LogP contribution in [0.2, 0.25) is 25.1 Å². The predicted molar refractivity (Wildman–Crippen MR) is 407 cm³/mol. The smallest absolute Gasteiger partial charge is 1.00 e. The van der Waals surface area contributed by atoms with Gasteiger partial charge < -0.3 is 30.8 Å². The van der Waals surface area contributed by atoms with Gasteiger partial charge in [0.25, 0.3) is 11.3 Å². The fraction of sp³-hybridized carbons (Fsp3) is 0.227. The Morgan fingerprint density at radius 1 is 0.600 bits per heavy atom. The molecule has 8 aromatic rings. The zero-order valence-electron chi connectivity index (χ0n) is 58.1. The molecule has 0 amide bonds. The zero-order chi connectivity index (χ0) is 79.6. The molecule has 0 bridgehead atoms. The Morgan fingerprint density at radius 2 is 1.00 bits per heavy atom. The van der Waals surface area contributed by atoms with Crippen molar-refractivity contribution in [1.82, 2.24) is 20.2 Å². The summed E-state index contributed by atoms with van der Waals surface area (Å²) < 4.78 is 41.6. The number of thiazole rings is 2. The number of benzene rings is 5. The van der Waals surface area contributed by atoms with Crippen LogP contribution in [0.25, 0.3) is 21.5 Å². The Hall–Kier alpha value is -7.18. The van der Waals surface area contributed by atoms with Crippen molar-refractivity contribution in [2.45, 2.75) is 67.2 Å². The summed E-state index contributed by atoms with van der Waals surface area (Å²) in [5.41, 5.74) is 8.21. The van der Waals surface area contributed by atoms with Crippen molar-refractivity contribution in [3.05, 3.63) is 207 Å². The van der Waals surface area contributed by atoms with E-state index in [0.717, 1.165) is 15.3 Å². The second-order valence-corrected chi connectivity index (χ2v) is 28.1. The number of nitrogens with one attached hydrogen (secondary N) is 1. The Balaban J connectivity index is -0.00000118. The number of esters is 5. The number of aryl methyl sites for hydroxylation is 2. The number of Topliss-reactive ketones (excluding diaryl/α,β-unsaturated/α-hetero) is 5. The minimum Gasteiger partial charge on any atom is -1.00 e. The number of nitrogens with two attached hydrogens (primary N) is 3. The molecule has 0 spiro atoms. The summed E-state index contributed by atoms with van der Waals surface area (Å²) in [6.45, 7) is 17.0. The van der Waals surface area contributed by atoms with E-state index < -0.39 is 73.0 Å². The van der Waals surface area contributed by atoms with Crippen molar-refractivity contribution in [2.75, 3.05) is 33.0 Å². The molecular weight excluding hydrogens is 1630 g/mol. The number of hydrazine groups is 1. The number of ether oxygens (including phenoxy) is 5. The first-order chi connectivity index (χ1) is 48.8. The van der Waals surface area contributed by atoms with Gasteiger partial charge in [0.2, 0.25) is 18.2 Å². The molecule has 0 radical (unpaired) electrons. The van der Waals surface area contributed by atoms with Crippen LogP contribution in [-0.4, -0.2) is 137 Å². The van der Waals surface area contributed by atoms with Crippen LogP contribution in [0.4, 0.5) is 0 Å². The Kier molecular flexibility index (Phi) is 51.0. The van der Waals surface area contributed by atoms with E-state index in [9.17, 15) is 57.5 Å². The number of carbonyl (C=O) groups is 11. The molecule has 5 aromatic carbocycles. The van der Waals surface area contributed by atoms with Crippen LogP contribution >= 0.6 is 126 Å². The first-order valence-corrected chi connectivity index (χ1v) is 36.7. The summed E-state index contributed by atoms with van der Waals surface area (Å²) in [6.07, 6.45) is -0.501. The van der Waals surface area contributed by atoms with Gasteiger partial charge in [0, 0.05) is 74.3 Å². The molecule has 0 aliphatic heterocycles. The zero-order valence-corrected chi connectivity index (χ0v) is 68.4. The second kappa shape index (κ2) is 53.6. The molecule has 3 heterocycles. The van der Waals surface area contributed by atoms with Gasteiger partial charge in [-0.05, 0) is 116 Å². The van der Waals surface area contributed by atoms with Crippen LogP contribution in [0.5, 0.6) is 0 Å². The van der Waals surface area contributed by atoms with Crippen LogP contribution in [0.1, 0.15) is 116 Å². The van der Waals surface area contributed by atoms with Crippen molar-refractivity contribution in [1.29, 1.82) is 0 Å². The predicted octanol–water partition coefficient (Wildman–Crippen LogP) is 10.2.